The number of ether oxygens (including phenoxy) is 2. The zero-order chi connectivity index (χ0) is 36.3. The van der Waals surface area contributed by atoms with Crippen LogP contribution in [0, 0.1) is 17.8 Å². The number of allylic oxidation sites excluding steroid dienone is 1. The van der Waals surface area contributed by atoms with Gasteiger partial charge in [0.1, 0.15) is 11.4 Å². The van der Waals surface area contributed by atoms with Crippen molar-refractivity contribution in [3.63, 3.8) is 0 Å². The molecule has 1 N–H and O–H groups in total. The second-order valence-corrected chi connectivity index (χ2v) is 19.1. The fourth-order valence-corrected chi connectivity index (χ4v) is 11.4. The summed E-state index contributed by atoms with van der Waals surface area (Å²) in [7, 11) is -1.10. The predicted octanol–water partition coefficient (Wildman–Crippen LogP) is 7.00. The van der Waals surface area contributed by atoms with E-state index in [1.807, 2.05) is 32.2 Å². The molecule has 4 aliphatic heterocycles. The normalized spacial score (nSPS) is 35.5. The van der Waals surface area contributed by atoms with Gasteiger partial charge in [-0.3, -0.25) is 14.4 Å². The third-order valence-electron chi connectivity index (χ3n) is 13.2. The number of benzene rings is 2. The minimum absolute atomic E-state index is 0.0168. The van der Waals surface area contributed by atoms with Crippen molar-refractivity contribution < 1.29 is 18.5 Å². The van der Waals surface area contributed by atoms with Gasteiger partial charge >= 0.3 is 0 Å². The van der Waals surface area contributed by atoms with Crippen molar-refractivity contribution >= 4 is 38.8 Å². The van der Waals surface area contributed by atoms with Crippen molar-refractivity contribution in [1.82, 2.24) is 9.62 Å². The highest BCUT2D eigenvalue weighted by atomic mass is 35.5. The maximum Gasteiger partial charge on any atom is 0.262 e. The van der Waals surface area contributed by atoms with Crippen molar-refractivity contribution in [2.24, 2.45) is 28.0 Å². The molecular weight excluding hydrogens is 694 g/mol. The largest absolute Gasteiger partial charge is 0.490 e. The van der Waals surface area contributed by atoms with Crippen LogP contribution in [0.4, 0.5) is 5.69 Å². The molecule has 1 amide bonds. The van der Waals surface area contributed by atoms with Crippen LogP contribution in [-0.2, 0) is 26.3 Å². The van der Waals surface area contributed by atoms with Crippen LogP contribution < -0.4 is 14.4 Å². The maximum atomic E-state index is 14.0. The first-order valence-corrected chi connectivity index (χ1v) is 21.2. The van der Waals surface area contributed by atoms with E-state index in [-0.39, 0.29) is 28.4 Å². The number of azo groups is 1. The van der Waals surface area contributed by atoms with Crippen LogP contribution >= 0.6 is 11.6 Å². The monoisotopic (exact) mass is 745 g/mol. The Kier molecular flexibility index (Phi) is 9.58. The van der Waals surface area contributed by atoms with Crippen LogP contribution in [0.1, 0.15) is 73.9 Å². The standard InChI is InChI=1S/C41H52ClN5O4S/c1-27-7-5-17-41(50-3,25-46-18-15-31-21-43-44-36(31)23-46)35-12-9-32(35)22-47-24-40(16-6-8-29-19-33(42)11-13-34(29)40)26-51-38-14-10-30(20-37(38)47)39(48)45-52(4,49)28(27)2/h5,10-11,13-14,17,19-20,27-28,32,35H,4,6-9,12,15-16,18,21-26H2,1-3H3,(H,45,48,49)/b17-5+/t27-,28+,32-,35+,40-,41+,52?/m0/s1. The number of methoxy groups -OCH3 is 1. The molecule has 1 spiro atoms. The van der Waals surface area contributed by atoms with Gasteiger partial charge in [0.15, 0.2) is 0 Å². The summed E-state index contributed by atoms with van der Waals surface area (Å²) in [4.78, 5) is 18.8. The highest BCUT2D eigenvalue weighted by molar-refractivity contribution is 7.99. The molecule has 2 bridgehead atoms. The van der Waals surface area contributed by atoms with Crippen molar-refractivity contribution in [3.05, 3.63) is 81.5 Å². The Bertz CT molecular complexity index is 1950. The number of carbonyl (C=O) groups is 1. The number of fused-ring (bicyclic) bond motifs is 4. The van der Waals surface area contributed by atoms with E-state index < -0.39 is 15.3 Å². The Morgan fingerprint density at radius 2 is 2.04 bits per heavy atom. The Balaban J connectivity index is 1.20. The third kappa shape index (κ3) is 6.52. The van der Waals surface area contributed by atoms with Crippen LogP contribution in [0.3, 0.4) is 0 Å². The van der Waals surface area contributed by atoms with Gasteiger partial charge in [0.25, 0.3) is 5.91 Å². The molecule has 52 heavy (non-hydrogen) atoms. The predicted molar refractivity (Wildman–Crippen MR) is 209 cm³/mol. The molecule has 2 aliphatic carbocycles. The molecule has 0 radical (unpaired) electrons. The minimum atomic E-state index is -2.96. The van der Waals surface area contributed by atoms with E-state index in [2.05, 4.69) is 61.8 Å². The number of amides is 1. The second kappa shape index (κ2) is 13.9. The van der Waals surface area contributed by atoms with Gasteiger partial charge in [0, 0.05) is 61.1 Å². The van der Waals surface area contributed by atoms with E-state index in [1.54, 1.807) is 6.07 Å². The van der Waals surface area contributed by atoms with Crippen LogP contribution in [0.5, 0.6) is 5.75 Å². The summed E-state index contributed by atoms with van der Waals surface area (Å²) in [5.41, 5.74) is 5.70. The Labute approximate surface area is 314 Å². The van der Waals surface area contributed by atoms with Crippen LogP contribution in [0.25, 0.3) is 0 Å². The first-order valence-electron chi connectivity index (χ1n) is 19.0. The molecule has 2 aromatic carbocycles. The highest BCUT2D eigenvalue weighted by Crippen LogP contribution is 2.49. The lowest BCUT2D eigenvalue weighted by molar-refractivity contribution is -0.0909. The lowest BCUT2D eigenvalue weighted by atomic mass is 9.63. The Hall–Kier alpha value is -3.18. The number of carbonyl (C=O) groups excluding carboxylic acids is 1. The molecule has 0 aromatic heterocycles. The van der Waals surface area contributed by atoms with Gasteiger partial charge in [-0.1, -0.05) is 36.7 Å². The molecule has 4 heterocycles. The summed E-state index contributed by atoms with van der Waals surface area (Å²) < 4.78 is 30.3. The van der Waals surface area contributed by atoms with E-state index in [4.69, 9.17) is 21.1 Å². The number of anilines is 1. The summed E-state index contributed by atoms with van der Waals surface area (Å²) in [6, 6.07) is 12.0. The Morgan fingerprint density at radius 1 is 1.17 bits per heavy atom. The molecule has 278 valence electrons. The zero-order valence-corrected chi connectivity index (χ0v) is 32.3. The fourth-order valence-electron chi connectivity index (χ4n) is 9.71. The number of nitrogens with one attached hydrogen (secondary N) is 1. The van der Waals surface area contributed by atoms with Crippen molar-refractivity contribution in [1.29, 1.82) is 0 Å². The van der Waals surface area contributed by atoms with Gasteiger partial charge in [-0.2, -0.15) is 10.2 Å². The molecule has 7 atom stereocenters. The number of hydrogen-bond donors (Lipinski definition) is 1. The summed E-state index contributed by atoms with van der Waals surface area (Å²) in [6.45, 7) is 9.37. The SMILES string of the molecule is C=S1(=O)NC(=O)c2ccc3c(c2)N(C[C@@H]2CC[C@H]2[C@@](CN2CCC4=C(C2)N=NC4)(OC)/C=C/C[C@H](C)[C@H]1C)C[C@@]1(CCCc2cc(Cl)ccc21)CO3. The quantitative estimate of drug-likeness (QED) is 0.269. The van der Waals surface area contributed by atoms with Crippen LogP contribution in [0.15, 0.2) is 70.0 Å². The number of aryl methyl sites for hydroxylation is 1. The minimum Gasteiger partial charge on any atom is -0.490 e. The average molecular weight is 746 g/mol. The van der Waals surface area contributed by atoms with Crippen LogP contribution in [0.2, 0.25) is 5.02 Å². The van der Waals surface area contributed by atoms with Gasteiger partial charge in [-0.05, 0) is 123 Å². The number of hydrogen-bond acceptors (Lipinski definition) is 8. The average Bonchev–Trinajstić information content (AvgIpc) is 3.53. The molecule has 1 unspecified atom stereocenters. The number of nitrogens with zero attached hydrogens (tertiary/aromatic N) is 4. The molecule has 2 aromatic rings. The summed E-state index contributed by atoms with van der Waals surface area (Å²) in [6.07, 6.45) is 11.4. The molecule has 6 aliphatic rings. The van der Waals surface area contributed by atoms with Gasteiger partial charge in [0.05, 0.1) is 34.2 Å². The molecule has 0 saturated heterocycles. The van der Waals surface area contributed by atoms with E-state index in [1.165, 1.54) is 16.7 Å². The summed E-state index contributed by atoms with van der Waals surface area (Å²) in [5.74, 6) is 5.11. The topological polar surface area (TPSA) is 95.8 Å². The molecule has 1 fully saturated rings. The Morgan fingerprint density at radius 3 is 2.85 bits per heavy atom. The lowest BCUT2D eigenvalue weighted by Gasteiger charge is -2.52. The van der Waals surface area contributed by atoms with Gasteiger partial charge in [-0.25, -0.2) is 4.21 Å². The molecule has 8 rings (SSSR count). The second-order valence-electron chi connectivity index (χ2n) is 16.3. The fraction of sp³-hybridized carbons (Fsp3) is 0.561. The smallest absolute Gasteiger partial charge is 0.262 e. The van der Waals surface area contributed by atoms with E-state index in [0.29, 0.717) is 24.5 Å². The van der Waals surface area contributed by atoms with Gasteiger partial charge in [0.2, 0.25) is 0 Å². The first-order chi connectivity index (χ1) is 25.0. The van der Waals surface area contributed by atoms with E-state index in [9.17, 15) is 9.00 Å². The first kappa shape index (κ1) is 35.8. The molecule has 11 heteroatoms. The van der Waals surface area contributed by atoms with Crippen molar-refractivity contribution in [2.75, 3.05) is 57.9 Å². The van der Waals surface area contributed by atoms with Crippen molar-refractivity contribution in [2.45, 2.75) is 75.1 Å². The number of halogens is 1. The summed E-state index contributed by atoms with van der Waals surface area (Å²) in [5, 5.41) is 9.23. The van der Waals surface area contributed by atoms with E-state index >= 15 is 0 Å². The van der Waals surface area contributed by atoms with Crippen LogP contribution in [-0.4, -0.2) is 84.7 Å². The third-order valence-corrected chi connectivity index (χ3v) is 15.6. The van der Waals surface area contributed by atoms with E-state index in [0.717, 1.165) is 100.0 Å². The number of rotatable bonds is 3. The highest BCUT2D eigenvalue weighted by Gasteiger charge is 2.50. The molecule has 9 nitrogen and oxygen atoms in total. The zero-order valence-electron chi connectivity index (χ0n) is 30.7. The molecule has 1 saturated carbocycles. The van der Waals surface area contributed by atoms with Gasteiger partial charge in [-0.15, -0.1) is 0 Å². The lowest BCUT2D eigenvalue weighted by Crippen LogP contribution is -2.57. The summed E-state index contributed by atoms with van der Waals surface area (Å²) >= 11 is 6.51. The molecular formula is C41H52ClN5O4S. The maximum absolute atomic E-state index is 14.0. The van der Waals surface area contributed by atoms with Crippen molar-refractivity contribution in [3.8, 4) is 5.75 Å². The van der Waals surface area contributed by atoms with Gasteiger partial charge < -0.3 is 14.4 Å².